The number of hydrogen-bond donors (Lipinski definition) is 0. The standard InChI is InChI=1S/C34H60O3/c1-5-7-9-11-13-15-16-18-20-22-26-31(25-21-19-17-14-12-10-8-6-2)29-37-34(35)30(3)32-27-23-24-28-33(32)36-4/h23-24,27-28,30-31H,5-22,25-26,29H2,1-4H3. The molecule has 0 saturated heterocycles. The summed E-state index contributed by atoms with van der Waals surface area (Å²) in [4.78, 5) is 12.9. The molecule has 0 bridgehead atoms. The highest BCUT2D eigenvalue weighted by atomic mass is 16.5. The van der Waals surface area contributed by atoms with Crippen LogP contribution in [0, 0.1) is 5.92 Å². The molecule has 0 aliphatic carbocycles. The second-order valence-corrected chi connectivity index (χ2v) is 11.2. The van der Waals surface area contributed by atoms with Gasteiger partial charge in [-0.2, -0.15) is 0 Å². The number of para-hydroxylation sites is 1. The molecule has 214 valence electrons. The molecule has 0 radical (unpaired) electrons. The van der Waals surface area contributed by atoms with Gasteiger partial charge >= 0.3 is 5.97 Å². The molecule has 0 aliphatic rings. The van der Waals surface area contributed by atoms with Gasteiger partial charge in [0, 0.05) is 5.56 Å². The Morgan fingerprint density at radius 2 is 1.11 bits per heavy atom. The lowest BCUT2D eigenvalue weighted by molar-refractivity contribution is -0.146. The van der Waals surface area contributed by atoms with Crippen molar-refractivity contribution in [3.8, 4) is 5.75 Å². The highest BCUT2D eigenvalue weighted by Gasteiger charge is 2.21. The second-order valence-electron chi connectivity index (χ2n) is 11.2. The van der Waals surface area contributed by atoms with Gasteiger partial charge in [0.25, 0.3) is 0 Å². The van der Waals surface area contributed by atoms with Crippen LogP contribution in [0.15, 0.2) is 24.3 Å². The first kappa shape index (κ1) is 33.5. The largest absolute Gasteiger partial charge is 0.496 e. The van der Waals surface area contributed by atoms with Crippen LogP contribution in [0.4, 0.5) is 0 Å². The Kier molecular flexibility index (Phi) is 21.4. The van der Waals surface area contributed by atoms with Crippen molar-refractivity contribution < 1.29 is 14.3 Å². The maximum absolute atomic E-state index is 12.9. The van der Waals surface area contributed by atoms with E-state index in [9.17, 15) is 4.79 Å². The van der Waals surface area contributed by atoms with E-state index >= 15 is 0 Å². The molecule has 0 aliphatic heterocycles. The number of rotatable bonds is 25. The lowest BCUT2D eigenvalue weighted by Crippen LogP contribution is -2.19. The second kappa shape index (κ2) is 23.6. The van der Waals surface area contributed by atoms with Crippen LogP contribution in [0.25, 0.3) is 0 Å². The van der Waals surface area contributed by atoms with E-state index in [1.165, 1.54) is 128 Å². The average Bonchev–Trinajstić information content (AvgIpc) is 2.92. The molecule has 1 aromatic carbocycles. The molecule has 0 saturated carbocycles. The summed E-state index contributed by atoms with van der Waals surface area (Å²) in [5.41, 5.74) is 0.907. The molecule has 0 heterocycles. The number of esters is 1. The van der Waals surface area contributed by atoms with Gasteiger partial charge in [0.15, 0.2) is 0 Å². The van der Waals surface area contributed by atoms with Gasteiger partial charge in [-0.15, -0.1) is 0 Å². The van der Waals surface area contributed by atoms with Crippen LogP contribution in [0.1, 0.15) is 161 Å². The Morgan fingerprint density at radius 3 is 1.57 bits per heavy atom. The molecule has 0 fully saturated rings. The summed E-state index contributed by atoms with van der Waals surface area (Å²) in [5, 5.41) is 0. The zero-order valence-corrected chi connectivity index (χ0v) is 25.0. The van der Waals surface area contributed by atoms with Crippen LogP contribution in [0.5, 0.6) is 5.75 Å². The first-order valence-electron chi connectivity index (χ1n) is 15.9. The zero-order valence-electron chi connectivity index (χ0n) is 25.0. The van der Waals surface area contributed by atoms with E-state index in [0.717, 1.165) is 11.3 Å². The van der Waals surface area contributed by atoms with Gasteiger partial charge in [0.1, 0.15) is 5.75 Å². The zero-order chi connectivity index (χ0) is 27.0. The van der Waals surface area contributed by atoms with Crippen LogP contribution < -0.4 is 4.74 Å². The minimum atomic E-state index is -0.308. The molecule has 37 heavy (non-hydrogen) atoms. The van der Waals surface area contributed by atoms with Crippen LogP contribution in [-0.4, -0.2) is 19.7 Å². The molecule has 2 unspecified atom stereocenters. The third kappa shape index (κ3) is 16.8. The minimum absolute atomic E-state index is 0.131. The summed E-state index contributed by atoms with van der Waals surface area (Å²) in [6, 6.07) is 7.77. The fraction of sp³-hybridized carbons (Fsp3) is 0.794. The van der Waals surface area contributed by atoms with Gasteiger partial charge in [-0.3, -0.25) is 4.79 Å². The molecule has 2 atom stereocenters. The van der Waals surface area contributed by atoms with E-state index in [-0.39, 0.29) is 11.9 Å². The molecule has 3 nitrogen and oxygen atoms in total. The number of unbranched alkanes of at least 4 members (excludes halogenated alkanes) is 16. The predicted octanol–water partition coefficient (Wildman–Crippen LogP) is 10.8. The average molecular weight is 517 g/mol. The first-order valence-corrected chi connectivity index (χ1v) is 15.9. The monoisotopic (exact) mass is 516 g/mol. The van der Waals surface area contributed by atoms with E-state index in [0.29, 0.717) is 12.5 Å². The van der Waals surface area contributed by atoms with Crippen molar-refractivity contribution in [3.05, 3.63) is 29.8 Å². The lowest BCUT2D eigenvalue weighted by Gasteiger charge is -2.20. The first-order chi connectivity index (χ1) is 18.1. The van der Waals surface area contributed by atoms with E-state index in [2.05, 4.69) is 13.8 Å². The van der Waals surface area contributed by atoms with Crippen LogP contribution in [-0.2, 0) is 9.53 Å². The van der Waals surface area contributed by atoms with Gasteiger partial charge < -0.3 is 9.47 Å². The molecular weight excluding hydrogens is 456 g/mol. The molecule has 0 spiro atoms. The number of ether oxygens (including phenoxy) is 2. The molecule has 0 N–H and O–H groups in total. The number of benzene rings is 1. The molecule has 3 heteroatoms. The summed E-state index contributed by atoms with van der Waals surface area (Å²) in [7, 11) is 1.66. The van der Waals surface area contributed by atoms with Crippen molar-refractivity contribution in [3.63, 3.8) is 0 Å². The minimum Gasteiger partial charge on any atom is -0.496 e. The SMILES string of the molecule is CCCCCCCCCCCCC(CCCCCCCCCC)COC(=O)C(C)c1ccccc1OC. The van der Waals surface area contributed by atoms with Gasteiger partial charge in [-0.1, -0.05) is 148 Å². The van der Waals surface area contributed by atoms with Crippen LogP contribution >= 0.6 is 0 Å². The summed E-state index contributed by atoms with van der Waals surface area (Å²) in [5.74, 6) is 0.807. The Morgan fingerprint density at radius 1 is 0.676 bits per heavy atom. The fourth-order valence-corrected chi connectivity index (χ4v) is 5.27. The Hall–Kier alpha value is -1.51. The van der Waals surface area contributed by atoms with Gasteiger partial charge in [0.05, 0.1) is 19.6 Å². The van der Waals surface area contributed by atoms with Gasteiger partial charge in [-0.05, 0) is 31.7 Å². The molecule has 0 aromatic heterocycles. The van der Waals surface area contributed by atoms with Crippen molar-refractivity contribution in [1.29, 1.82) is 0 Å². The number of carbonyl (C=O) groups excluding carboxylic acids is 1. The van der Waals surface area contributed by atoms with E-state index in [1.54, 1.807) is 7.11 Å². The van der Waals surface area contributed by atoms with Crippen molar-refractivity contribution in [1.82, 2.24) is 0 Å². The normalized spacial score (nSPS) is 12.9. The van der Waals surface area contributed by atoms with Gasteiger partial charge in [0.2, 0.25) is 0 Å². The quantitative estimate of drug-likeness (QED) is 0.0957. The Bertz CT molecular complexity index is 656. The predicted molar refractivity (Wildman–Crippen MR) is 160 cm³/mol. The number of carbonyl (C=O) groups is 1. The van der Waals surface area contributed by atoms with Crippen molar-refractivity contribution >= 4 is 5.97 Å². The van der Waals surface area contributed by atoms with Crippen molar-refractivity contribution in [2.24, 2.45) is 5.92 Å². The third-order valence-electron chi connectivity index (χ3n) is 7.85. The highest BCUT2D eigenvalue weighted by Crippen LogP contribution is 2.28. The summed E-state index contributed by atoms with van der Waals surface area (Å²) in [6.07, 6.45) is 26.7. The highest BCUT2D eigenvalue weighted by molar-refractivity contribution is 5.78. The lowest BCUT2D eigenvalue weighted by atomic mass is 9.94. The number of hydrogen-bond acceptors (Lipinski definition) is 3. The Balaban J connectivity index is 2.39. The smallest absolute Gasteiger partial charge is 0.313 e. The molecule has 1 aromatic rings. The van der Waals surface area contributed by atoms with E-state index in [1.807, 2.05) is 31.2 Å². The summed E-state index contributed by atoms with van der Waals surface area (Å²) < 4.78 is 11.3. The van der Waals surface area contributed by atoms with Crippen LogP contribution in [0.2, 0.25) is 0 Å². The van der Waals surface area contributed by atoms with Crippen LogP contribution in [0.3, 0.4) is 0 Å². The number of methoxy groups -OCH3 is 1. The third-order valence-corrected chi connectivity index (χ3v) is 7.85. The summed E-state index contributed by atoms with van der Waals surface area (Å²) in [6.45, 7) is 7.05. The topological polar surface area (TPSA) is 35.5 Å². The maximum Gasteiger partial charge on any atom is 0.313 e. The molecular formula is C34H60O3. The van der Waals surface area contributed by atoms with Crippen molar-refractivity contribution in [2.45, 2.75) is 155 Å². The van der Waals surface area contributed by atoms with E-state index in [4.69, 9.17) is 9.47 Å². The summed E-state index contributed by atoms with van der Waals surface area (Å²) >= 11 is 0. The van der Waals surface area contributed by atoms with E-state index < -0.39 is 0 Å². The maximum atomic E-state index is 12.9. The molecule has 0 amide bonds. The Labute approximate surface area is 230 Å². The fourth-order valence-electron chi connectivity index (χ4n) is 5.27. The molecule has 1 rings (SSSR count). The van der Waals surface area contributed by atoms with Gasteiger partial charge in [-0.25, -0.2) is 0 Å². The van der Waals surface area contributed by atoms with Crippen molar-refractivity contribution in [2.75, 3.05) is 13.7 Å².